The average Bonchev–Trinajstić information content (AvgIpc) is 2.80. The van der Waals surface area contributed by atoms with Crippen LogP contribution in [0.2, 0.25) is 0 Å². The van der Waals surface area contributed by atoms with Gasteiger partial charge in [-0.3, -0.25) is 9.59 Å². The molecule has 1 aromatic carbocycles. The number of carbonyl (C=O) groups is 2. The number of nitrogens with one attached hydrogen (secondary N) is 1. The summed E-state index contributed by atoms with van der Waals surface area (Å²) < 4.78 is 0. The van der Waals surface area contributed by atoms with E-state index in [1.54, 1.807) is 17.9 Å². The van der Waals surface area contributed by atoms with Crippen molar-refractivity contribution in [3.63, 3.8) is 0 Å². The largest absolute Gasteiger partial charge is 0.352 e. The lowest BCUT2D eigenvalue weighted by atomic mass is 10.1. The van der Waals surface area contributed by atoms with Gasteiger partial charge >= 0.3 is 0 Å². The first-order valence-corrected chi connectivity index (χ1v) is 6.94. The van der Waals surface area contributed by atoms with E-state index < -0.39 is 0 Å². The van der Waals surface area contributed by atoms with Gasteiger partial charge in [0.25, 0.3) is 5.91 Å². The summed E-state index contributed by atoms with van der Waals surface area (Å²) in [7, 11) is 0. The summed E-state index contributed by atoms with van der Waals surface area (Å²) in [6.07, 6.45) is 1.56. The molecule has 0 saturated heterocycles. The normalized spacial score (nSPS) is 14.1. The first kappa shape index (κ1) is 17.5. The molecule has 0 aromatic heterocycles. The molecule has 1 unspecified atom stereocenters. The zero-order valence-electron chi connectivity index (χ0n) is 12.4. The second-order valence-electron chi connectivity index (χ2n) is 5.29. The van der Waals surface area contributed by atoms with Crippen molar-refractivity contribution in [1.82, 2.24) is 5.32 Å². The molecule has 1 atom stereocenters. The van der Waals surface area contributed by atoms with Gasteiger partial charge in [-0.25, -0.2) is 0 Å². The van der Waals surface area contributed by atoms with E-state index >= 15 is 0 Å². The predicted octanol–water partition coefficient (Wildman–Crippen LogP) is 1.48. The van der Waals surface area contributed by atoms with Crippen LogP contribution >= 0.6 is 12.4 Å². The van der Waals surface area contributed by atoms with Gasteiger partial charge in [0, 0.05) is 37.3 Å². The van der Waals surface area contributed by atoms with Crippen LogP contribution in [0.4, 0.5) is 5.69 Å². The molecule has 5 nitrogen and oxygen atoms in total. The summed E-state index contributed by atoms with van der Waals surface area (Å²) in [5, 5.41) is 2.86. The number of rotatable bonds is 4. The van der Waals surface area contributed by atoms with Crippen LogP contribution in [-0.4, -0.2) is 30.9 Å². The molecule has 21 heavy (non-hydrogen) atoms. The van der Waals surface area contributed by atoms with Crippen LogP contribution in [0.15, 0.2) is 18.2 Å². The number of anilines is 1. The van der Waals surface area contributed by atoms with E-state index in [-0.39, 0.29) is 30.3 Å². The van der Waals surface area contributed by atoms with Crippen molar-refractivity contribution in [3.8, 4) is 0 Å². The van der Waals surface area contributed by atoms with Crippen LogP contribution in [-0.2, 0) is 11.2 Å². The number of carbonyl (C=O) groups excluding carboxylic acids is 2. The van der Waals surface area contributed by atoms with E-state index in [1.165, 1.54) is 0 Å². The highest BCUT2D eigenvalue weighted by atomic mass is 35.5. The molecule has 6 heteroatoms. The smallest absolute Gasteiger partial charge is 0.251 e. The number of benzene rings is 1. The van der Waals surface area contributed by atoms with Gasteiger partial charge in [0.15, 0.2) is 0 Å². The summed E-state index contributed by atoms with van der Waals surface area (Å²) >= 11 is 0. The molecular formula is C15H22ClN3O2. The zero-order chi connectivity index (χ0) is 14.7. The Morgan fingerprint density at radius 3 is 2.76 bits per heavy atom. The molecule has 1 heterocycles. The highest BCUT2D eigenvalue weighted by Crippen LogP contribution is 2.28. The minimum absolute atomic E-state index is 0. The second-order valence-corrected chi connectivity index (χ2v) is 5.29. The third-order valence-corrected chi connectivity index (χ3v) is 3.50. The number of nitrogens with zero attached hydrogens (tertiary/aromatic N) is 1. The standard InChI is InChI=1S/C15H21N3O2.ClH/c1-10(16)5-7-17-15(20)13-3-4-14-12(9-13)6-8-18(14)11(2)19;/h3-4,9-10H,5-8,16H2,1-2H3,(H,17,20);1H. The van der Waals surface area contributed by atoms with Crippen molar-refractivity contribution in [3.05, 3.63) is 29.3 Å². The summed E-state index contributed by atoms with van der Waals surface area (Å²) in [6.45, 7) is 4.75. The number of hydrogen-bond donors (Lipinski definition) is 2. The van der Waals surface area contributed by atoms with Crippen LogP contribution in [0.1, 0.15) is 36.2 Å². The third kappa shape index (κ3) is 4.19. The summed E-state index contributed by atoms with van der Waals surface area (Å²) in [5.41, 5.74) is 8.26. The van der Waals surface area contributed by atoms with Gasteiger partial charge in [0.1, 0.15) is 0 Å². The van der Waals surface area contributed by atoms with Crippen molar-refractivity contribution < 1.29 is 9.59 Å². The molecule has 0 saturated carbocycles. The molecule has 0 spiro atoms. The maximum Gasteiger partial charge on any atom is 0.251 e. The Morgan fingerprint density at radius 2 is 2.14 bits per heavy atom. The molecule has 1 aliphatic rings. The molecule has 0 bridgehead atoms. The van der Waals surface area contributed by atoms with Crippen LogP contribution in [0.3, 0.4) is 0 Å². The molecule has 2 rings (SSSR count). The van der Waals surface area contributed by atoms with E-state index in [0.717, 1.165) is 24.1 Å². The minimum Gasteiger partial charge on any atom is -0.352 e. The second kappa shape index (κ2) is 7.43. The van der Waals surface area contributed by atoms with E-state index in [4.69, 9.17) is 5.73 Å². The number of hydrogen-bond acceptors (Lipinski definition) is 3. The van der Waals surface area contributed by atoms with E-state index in [9.17, 15) is 9.59 Å². The van der Waals surface area contributed by atoms with Gasteiger partial charge in [-0.05, 0) is 43.5 Å². The predicted molar refractivity (Wildman–Crippen MR) is 86.0 cm³/mol. The molecule has 116 valence electrons. The lowest BCUT2D eigenvalue weighted by Gasteiger charge is -2.14. The van der Waals surface area contributed by atoms with E-state index in [2.05, 4.69) is 5.32 Å². The van der Waals surface area contributed by atoms with Gasteiger partial charge in [-0.2, -0.15) is 0 Å². The fourth-order valence-electron chi connectivity index (χ4n) is 2.39. The monoisotopic (exact) mass is 311 g/mol. The third-order valence-electron chi connectivity index (χ3n) is 3.50. The Hall–Kier alpha value is -1.59. The molecule has 1 aromatic rings. The van der Waals surface area contributed by atoms with Crippen LogP contribution in [0.25, 0.3) is 0 Å². The maximum absolute atomic E-state index is 12.0. The molecule has 0 radical (unpaired) electrons. The van der Waals surface area contributed by atoms with E-state index in [1.807, 2.05) is 19.1 Å². The molecule has 0 aliphatic carbocycles. The van der Waals surface area contributed by atoms with Crippen molar-refractivity contribution in [2.75, 3.05) is 18.0 Å². The van der Waals surface area contributed by atoms with Crippen LogP contribution in [0.5, 0.6) is 0 Å². The lowest BCUT2D eigenvalue weighted by molar-refractivity contribution is -0.116. The summed E-state index contributed by atoms with van der Waals surface area (Å²) in [5.74, 6) is -0.0485. The van der Waals surface area contributed by atoms with E-state index in [0.29, 0.717) is 18.7 Å². The molecule has 1 aliphatic heterocycles. The highest BCUT2D eigenvalue weighted by molar-refractivity contribution is 5.97. The Morgan fingerprint density at radius 1 is 1.43 bits per heavy atom. The number of nitrogens with two attached hydrogens (primary N) is 1. The van der Waals surface area contributed by atoms with Crippen LogP contribution < -0.4 is 16.0 Å². The van der Waals surface area contributed by atoms with Gasteiger partial charge in [0.05, 0.1) is 0 Å². The fraction of sp³-hybridized carbons (Fsp3) is 0.467. The van der Waals surface area contributed by atoms with Gasteiger partial charge in [0.2, 0.25) is 5.91 Å². The Labute approximate surface area is 131 Å². The van der Waals surface area contributed by atoms with Crippen LogP contribution in [0, 0.1) is 0 Å². The van der Waals surface area contributed by atoms with Crippen molar-refractivity contribution in [2.24, 2.45) is 5.73 Å². The van der Waals surface area contributed by atoms with Crippen molar-refractivity contribution in [2.45, 2.75) is 32.7 Å². The molecule has 0 fully saturated rings. The minimum atomic E-state index is -0.0882. The molecule has 2 amide bonds. The Balaban J connectivity index is 0.00000220. The summed E-state index contributed by atoms with van der Waals surface area (Å²) in [6, 6.07) is 5.57. The van der Waals surface area contributed by atoms with Gasteiger partial charge < -0.3 is 16.0 Å². The van der Waals surface area contributed by atoms with Gasteiger partial charge in [-0.15, -0.1) is 12.4 Å². The number of fused-ring (bicyclic) bond motifs is 1. The SMILES string of the molecule is CC(=O)N1CCc2cc(C(=O)NCCC(C)N)ccc21.Cl. The van der Waals surface area contributed by atoms with Crippen molar-refractivity contribution in [1.29, 1.82) is 0 Å². The number of amides is 2. The van der Waals surface area contributed by atoms with Crippen molar-refractivity contribution >= 4 is 29.9 Å². The lowest BCUT2D eigenvalue weighted by Crippen LogP contribution is -2.29. The zero-order valence-corrected chi connectivity index (χ0v) is 13.2. The first-order valence-electron chi connectivity index (χ1n) is 6.94. The highest BCUT2D eigenvalue weighted by Gasteiger charge is 2.22. The number of halogens is 1. The molecule has 3 N–H and O–H groups in total. The van der Waals surface area contributed by atoms with Gasteiger partial charge in [-0.1, -0.05) is 0 Å². The Kier molecular flexibility index (Phi) is 6.18. The quantitative estimate of drug-likeness (QED) is 0.884. The Bertz CT molecular complexity index is 532. The first-order chi connectivity index (χ1) is 9.49. The summed E-state index contributed by atoms with van der Waals surface area (Å²) in [4.78, 5) is 25.2. The maximum atomic E-state index is 12.0. The molecular weight excluding hydrogens is 290 g/mol. The fourth-order valence-corrected chi connectivity index (χ4v) is 2.39. The topological polar surface area (TPSA) is 75.4 Å². The average molecular weight is 312 g/mol.